The molecule has 3 heteroatoms. The number of carbonyl (C=O) groups is 1. The number of carbonyl (C=O) groups excluding carboxylic acids is 1. The average Bonchev–Trinajstić information content (AvgIpc) is 2.97. The summed E-state index contributed by atoms with van der Waals surface area (Å²) < 4.78 is 2.34. The van der Waals surface area contributed by atoms with Crippen LogP contribution in [-0.4, -0.2) is 16.9 Å². The molecule has 3 aromatic rings. The van der Waals surface area contributed by atoms with Gasteiger partial charge in [0.15, 0.2) is 0 Å². The fraction of sp³-hybridized carbons (Fsp3) is 0.250. The second-order valence-corrected chi connectivity index (χ2v) is 5.90. The molecule has 3 rings (SSSR count). The van der Waals surface area contributed by atoms with Gasteiger partial charge in [-0.2, -0.15) is 0 Å². The van der Waals surface area contributed by atoms with Gasteiger partial charge in [-0.05, 0) is 30.5 Å². The normalized spacial score (nSPS) is 12.4. The van der Waals surface area contributed by atoms with Crippen molar-refractivity contribution in [2.75, 3.05) is 0 Å². The van der Waals surface area contributed by atoms with Crippen LogP contribution in [0.25, 0.3) is 22.2 Å². The minimum Gasteiger partial charge on any atom is -0.340 e. The molecule has 1 unspecified atom stereocenters. The molecule has 0 saturated carbocycles. The molecule has 1 atom stereocenters. The van der Waals surface area contributed by atoms with Gasteiger partial charge in [-0.15, -0.1) is 0 Å². The largest absolute Gasteiger partial charge is 0.340 e. The van der Waals surface area contributed by atoms with Crippen LogP contribution in [0.3, 0.4) is 0 Å². The van der Waals surface area contributed by atoms with Gasteiger partial charge < -0.3 is 15.1 Å². The molecule has 2 N–H and O–H groups in total. The summed E-state index contributed by atoms with van der Waals surface area (Å²) in [7, 11) is 0. The molecular weight excluding hydrogens is 284 g/mol. The maximum Gasteiger partial charge on any atom is 0.120 e. The van der Waals surface area contributed by atoms with E-state index in [2.05, 4.69) is 59.2 Å². The van der Waals surface area contributed by atoms with E-state index in [9.17, 15) is 4.79 Å². The fourth-order valence-electron chi connectivity index (χ4n) is 3.02. The highest BCUT2D eigenvalue weighted by Crippen LogP contribution is 2.28. The second-order valence-electron chi connectivity index (χ2n) is 5.90. The van der Waals surface area contributed by atoms with E-state index in [4.69, 9.17) is 5.73 Å². The molecule has 0 saturated heterocycles. The van der Waals surface area contributed by atoms with Gasteiger partial charge in [0.25, 0.3) is 0 Å². The van der Waals surface area contributed by atoms with Crippen molar-refractivity contribution in [3.8, 4) is 11.3 Å². The van der Waals surface area contributed by atoms with E-state index in [0.717, 1.165) is 25.7 Å². The first-order valence-electron chi connectivity index (χ1n) is 8.12. The lowest BCUT2D eigenvalue weighted by molar-refractivity contribution is -0.108. The van der Waals surface area contributed by atoms with Crippen molar-refractivity contribution >= 4 is 17.2 Å². The Labute approximate surface area is 136 Å². The highest BCUT2D eigenvalue weighted by atomic mass is 16.1. The third kappa shape index (κ3) is 3.51. The van der Waals surface area contributed by atoms with Gasteiger partial charge >= 0.3 is 0 Å². The molecular formula is C20H22N2O. The van der Waals surface area contributed by atoms with Gasteiger partial charge in [0.05, 0.1) is 0 Å². The number of aryl methyl sites for hydroxylation is 1. The summed E-state index contributed by atoms with van der Waals surface area (Å²) >= 11 is 0. The van der Waals surface area contributed by atoms with Crippen LogP contribution in [-0.2, 0) is 11.3 Å². The van der Waals surface area contributed by atoms with Crippen LogP contribution >= 0.6 is 0 Å². The summed E-state index contributed by atoms with van der Waals surface area (Å²) in [6.07, 6.45) is 3.11. The Morgan fingerprint density at radius 3 is 2.52 bits per heavy atom. The smallest absolute Gasteiger partial charge is 0.120 e. The summed E-state index contributed by atoms with van der Waals surface area (Å²) in [6, 6.07) is 21.2. The number of hydrogen-bond acceptors (Lipinski definition) is 2. The van der Waals surface area contributed by atoms with E-state index in [1.165, 1.54) is 22.2 Å². The summed E-state index contributed by atoms with van der Waals surface area (Å²) in [5.74, 6) is 0. The Morgan fingerprint density at radius 1 is 1.00 bits per heavy atom. The van der Waals surface area contributed by atoms with E-state index < -0.39 is 0 Å². The number of nitrogens with zero attached hydrogens (tertiary/aromatic N) is 1. The predicted molar refractivity (Wildman–Crippen MR) is 95.3 cm³/mol. The van der Waals surface area contributed by atoms with E-state index in [1.54, 1.807) is 0 Å². The van der Waals surface area contributed by atoms with Crippen LogP contribution in [0.15, 0.2) is 60.7 Å². The number of hydrogen-bond donors (Lipinski definition) is 1. The van der Waals surface area contributed by atoms with E-state index >= 15 is 0 Å². The fourth-order valence-corrected chi connectivity index (χ4v) is 3.02. The molecule has 0 bridgehead atoms. The zero-order valence-electron chi connectivity index (χ0n) is 13.2. The van der Waals surface area contributed by atoms with E-state index in [-0.39, 0.29) is 6.04 Å². The van der Waals surface area contributed by atoms with Gasteiger partial charge in [-0.3, -0.25) is 0 Å². The van der Waals surface area contributed by atoms with Crippen LogP contribution in [0, 0.1) is 0 Å². The molecule has 1 aromatic heterocycles. The van der Waals surface area contributed by atoms with E-state index in [0.29, 0.717) is 6.42 Å². The van der Waals surface area contributed by atoms with Crippen molar-refractivity contribution < 1.29 is 4.79 Å². The Bertz CT molecular complexity index is 777. The molecule has 3 nitrogen and oxygen atoms in total. The molecule has 1 heterocycles. The minimum atomic E-state index is 0.0602. The number of para-hydroxylation sites is 1. The van der Waals surface area contributed by atoms with E-state index in [1.807, 2.05) is 6.07 Å². The molecule has 0 aliphatic rings. The minimum absolute atomic E-state index is 0.0602. The van der Waals surface area contributed by atoms with Gasteiger partial charge in [0.1, 0.15) is 6.29 Å². The lowest BCUT2D eigenvalue weighted by Crippen LogP contribution is -2.22. The molecule has 0 spiro atoms. The molecule has 118 valence electrons. The van der Waals surface area contributed by atoms with Gasteiger partial charge in [0, 0.05) is 35.6 Å². The molecule has 0 amide bonds. The lowest BCUT2D eigenvalue weighted by Gasteiger charge is -2.14. The summed E-state index contributed by atoms with van der Waals surface area (Å²) in [4.78, 5) is 10.5. The number of rotatable bonds is 7. The lowest BCUT2D eigenvalue weighted by atomic mass is 10.1. The first-order valence-corrected chi connectivity index (χ1v) is 8.12. The Kier molecular flexibility index (Phi) is 4.89. The second kappa shape index (κ2) is 7.25. The summed E-state index contributed by atoms with van der Waals surface area (Å²) in [5.41, 5.74) is 9.80. The molecule has 23 heavy (non-hydrogen) atoms. The number of benzene rings is 2. The van der Waals surface area contributed by atoms with Crippen molar-refractivity contribution in [2.45, 2.75) is 31.8 Å². The molecule has 0 radical (unpaired) electrons. The van der Waals surface area contributed by atoms with Crippen molar-refractivity contribution in [3.05, 3.63) is 60.7 Å². The molecule has 0 fully saturated rings. The van der Waals surface area contributed by atoms with Crippen LogP contribution in [0.2, 0.25) is 0 Å². The van der Waals surface area contributed by atoms with Gasteiger partial charge in [-0.25, -0.2) is 0 Å². The predicted octanol–water partition coefficient (Wildman–Crippen LogP) is 4.00. The van der Waals surface area contributed by atoms with Gasteiger partial charge in [0.2, 0.25) is 0 Å². The van der Waals surface area contributed by atoms with Crippen molar-refractivity contribution in [2.24, 2.45) is 5.73 Å². The highest BCUT2D eigenvalue weighted by Gasteiger charge is 2.11. The number of aldehydes is 1. The van der Waals surface area contributed by atoms with Crippen LogP contribution in [0.4, 0.5) is 0 Å². The van der Waals surface area contributed by atoms with Crippen molar-refractivity contribution in [3.63, 3.8) is 0 Å². The third-order valence-electron chi connectivity index (χ3n) is 4.26. The zero-order chi connectivity index (χ0) is 16.1. The first kappa shape index (κ1) is 15.5. The Morgan fingerprint density at radius 2 is 1.74 bits per heavy atom. The number of nitrogens with two attached hydrogens (primary N) is 1. The Hall–Kier alpha value is -2.39. The average molecular weight is 306 g/mol. The monoisotopic (exact) mass is 306 g/mol. The summed E-state index contributed by atoms with van der Waals surface area (Å²) in [6.45, 7) is 0.859. The quantitative estimate of drug-likeness (QED) is 0.671. The highest BCUT2D eigenvalue weighted by molar-refractivity contribution is 5.87. The maximum absolute atomic E-state index is 10.5. The number of aromatic nitrogens is 1. The van der Waals surface area contributed by atoms with Crippen molar-refractivity contribution in [1.29, 1.82) is 0 Å². The van der Waals surface area contributed by atoms with Crippen LogP contribution in [0.1, 0.15) is 19.3 Å². The summed E-state index contributed by atoms with van der Waals surface area (Å²) in [5, 5.41) is 1.24. The van der Waals surface area contributed by atoms with Gasteiger partial charge in [-0.1, -0.05) is 48.5 Å². The zero-order valence-corrected chi connectivity index (χ0v) is 13.2. The third-order valence-corrected chi connectivity index (χ3v) is 4.26. The molecule has 2 aromatic carbocycles. The molecule has 0 aliphatic carbocycles. The van der Waals surface area contributed by atoms with Crippen LogP contribution < -0.4 is 5.73 Å². The first-order chi connectivity index (χ1) is 11.3. The maximum atomic E-state index is 10.5. The topological polar surface area (TPSA) is 48.0 Å². The standard InChI is InChI=1S/C20H22N2O/c21-18(10-6-14-23)12-13-22-19-11-5-4-9-17(19)15-20(22)16-7-2-1-3-8-16/h1-5,7-9,11,14-15,18H,6,10,12-13,21H2. The Balaban J connectivity index is 1.92. The van der Waals surface area contributed by atoms with Crippen LogP contribution in [0.5, 0.6) is 0 Å². The number of fused-ring (bicyclic) bond motifs is 1. The van der Waals surface area contributed by atoms with Crippen molar-refractivity contribution in [1.82, 2.24) is 4.57 Å². The SMILES string of the molecule is NC(CCC=O)CCn1c(-c2ccccc2)cc2ccccc21. The molecule has 0 aliphatic heterocycles.